The molecular weight excluding hydrogens is 319 g/mol. The van der Waals surface area contributed by atoms with Gasteiger partial charge in [-0.1, -0.05) is 23.2 Å². The lowest BCUT2D eigenvalue weighted by Crippen LogP contribution is -2.06. The summed E-state index contributed by atoms with van der Waals surface area (Å²) in [5.41, 5.74) is 0.627. The number of halogens is 2. The van der Waals surface area contributed by atoms with E-state index >= 15 is 0 Å². The van der Waals surface area contributed by atoms with E-state index in [1.165, 1.54) is 36.5 Å². The molecule has 0 amide bonds. The maximum Gasteiger partial charge on any atom is 0.184 e. The Labute approximate surface area is 126 Å². The van der Waals surface area contributed by atoms with E-state index in [9.17, 15) is 8.42 Å². The fourth-order valence-electron chi connectivity index (χ4n) is 1.64. The molecule has 4 nitrogen and oxygen atoms in total. The van der Waals surface area contributed by atoms with Crippen LogP contribution in [0.4, 0.5) is 0 Å². The Bertz CT molecular complexity index is 798. The average Bonchev–Trinajstić information content (AvgIpc) is 2.41. The number of hydrogen-bond acceptors (Lipinski definition) is 4. The molecule has 2 aromatic rings. The molecule has 0 fully saturated rings. The minimum Gasteiger partial charge on any atom is -0.246 e. The summed E-state index contributed by atoms with van der Waals surface area (Å²) in [6, 6.07) is 9.09. The molecule has 0 spiro atoms. The molecule has 0 unspecified atom stereocenters. The first-order valence-corrected chi connectivity index (χ1v) is 7.86. The van der Waals surface area contributed by atoms with Crippen LogP contribution in [0.2, 0.25) is 10.0 Å². The summed E-state index contributed by atoms with van der Waals surface area (Å²) < 4.78 is 24.7. The summed E-state index contributed by atoms with van der Waals surface area (Å²) in [5, 5.41) is 9.16. The molecule has 0 atom stereocenters. The lowest BCUT2D eigenvalue weighted by molar-refractivity contribution is 0.595. The Morgan fingerprint density at radius 3 is 2.65 bits per heavy atom. The van der Waals surface area contributed by atoms with Crippen LogP contribution in [0.1, 0.15) is 11.3 Å². The quantitative estimate of drug-likeness (QED) is 0.868. The highest BCUT2D eigenvalue weighted by Crippen LogP contribution is 2.27. The van der Waals surface area contributed by atoms with E-state index in [1.807, 2.05) is 6.07 Å². The van der Waals surface area contributed by atoms with Gasteiger partial charge in [-0.05, 0) is 35.9 Å². The Balaban J connectivity index is 2.41. The molecule has 2 rings (SSSR count). The van der Waals surface area contributed by atoms with Gasteiger partial charge in [0.15, 0.2) is 9.84 Å². The number of pyridine rings is 1. The summed E-state index contributed by atoms with van der Waals surface area (Å²) in [4.78, 5) is 3.76. The summed E-state index contributed by atoms with van der Waals surface area (Å²) in [7, 11) is -3.65. The number of hydrogen-bond donors (Lipinski definition) is 0. The SMILES string of the molecule is N#Cc1cc(CS(=O)(=O)c2cc(Cl)ccc2Cl)ccn1. The number of nitrogens with zero attached hydrogens (tertiary/aromatic N) is 2. The van der Waals surface area contributed by atoms with Crippen molar-refractivity contribution in [2.75, 3.05) is 0 Å². The Morgan fingerprint density at radius 2 is 1.95 bits per heavy atom. The van der Waals surface area contributed by atoms with Gasteiger partial charge in [0, 0.05) is 11.2 Å². The smallest absolute Gasteiger partial charge is 0.184 e. The van der Waals surface area contributed by atoms with Crippen LogP contribution in [0, 0.1) is 11.3 Å². The molecule has 102 valence electrons. The Kier molecular flexibility index (Phi) is 4.29. The van der Waals surface area contributed by atoms with Gasteiger partial charge in [0.2, 0.25) is 0 Å². The molecule has 0 aliphatic rings. The zero-order valence-electron chi connectivity index (χ0n) is 10.0. The standard InChI is InChI=1S/C13H8Cl2N2O2S/c14-10-1-2-12(15)13(6-10)20(18,19)8-9-3-4-17-11(5-9)7-16/h1-6H,8H2. The van der Waals surface area contributed by atoms with Crippen LogP contribution >= 0.6 is 23.2 Å². The van der Waals surface area contributed by atoms with Crippen molar-refractivity contribution < 1.29 is 8.42 Å². The minimum absolute atomic E-state index is 0.0259. The molecule has 0 saturated heterocycles. The van der Waals surface area contributed by atoms with Gasteiger partial charge in [0.25, 0.3) is 0 Å². The van der Waals surface area contributed by atoms with Gasteiger partial charge in [-0.2, -0.15) is 5.26 Å². The normalized spacial score (nSPS) is 11.1. The second-order valence-electron chi connectivity index (χ2n) is 3.99. The molecule has 7 heteroatoms. The van der Waals surface area contributed by atoms with Crippen molar-refractivity contribution in [1.29, 1.82) is 5.26 Å². The van der Waals surface area contributed by atoms with E-state index in [0.29, 0.717) is 10.6 Å². The van der Waals surface area contributed by atoms with Gasteiger partial charge in [-0.3, -0.25) is 0 Å². The van der Waals surface area contributed by atoms with Crippen molar-refractivity contribution in [3.8, 4) is 6.07 Å². The third kappa shape index (κ3) is 3.28. The lowest BCUT2D eigenvalue weighted by Gasteiger charge is -2.07. The summed E-state index contributed by atoms with van der Waals surface area (Å²) in [6.07, 6.45) is 1.39. The van der Waals surface area contributed by atoms with Crippen LogP contribution in [0.3, 0.4) is 0 Å². The molecule has 0 saturated carbocycles. The highest BCUT2D eigenvalue weighted by Gasteiger charge is 2.19. The van der Waals surface area contributed by atoms with Crippen LogP contribution in [0.5, 0.6) is 0 Å². The molecule has 20 heavy (non-hydrogen) atoms. The first-order chi connectivity index (χ1) is 9.42. The number of aromatic nitrogens is 1. The van der Waals surface area contributed by atoms with Gasteiger partial charge in [-0.15, -0.1) is 0 Å². The van der Waals surface area contributed by atoms with Crippen molar-refractivity contribution in [3.63, 3.8) is 0 Å². The van der Waals surface area contributed by atoms with E-state index in [-0.39, 0.29) is 21.4 Å². The first-order valence-electron chi connectivity index (χ1n) is 5.45. The second kappa shape index (κ2) is 5.80. The van der Waals surface area contributed by atoms with Crippen LogP contribution < -0.4 is 0 Å². The summed E-state index contributed by atoms with van der Waals surface area (Å²) in [5.74, 6) is -0.274. The Morgan fingerprint density at radius 1 is 1.20 bits per heavy atom. The number of nitriles is 1. The molecule has 1 aromatic heterocycles. The van der Waals surface area contributed by atoms with Crippen LogP contribution in [-0.2, 0) is 15.6 Å². The van der Waals surface area contributed by atoms with Crippen molar-refractivity contribution in [3.05, 3.63) is 57.8 Å². The molecule has 1 heterocycles. The van der Waals surface area contributed by atoms with E-state index < -0.39 is 9.84 Å². The predicted octanol–water partition coefficient (Wildman–Crippen LogP) is 3.23. The number of benzene rings is 1. The van der Waals surface area contributed by atoms with E-state index in [0.717, 1.165) is 0 Å². The van der Waals surface area contributed by atoms with Crippen LogP contribution in [-0.4, -0.2) is 13.4 Å². The molecule has 1 aromatic carbocycles. The third-order valence-corrected chi connectivity index (χ3v) is 4.92. The van der Waals surface area contributed by atoms with Crippen molar-refractivity contribution in [2.45, 2.75) is 10.6 Å². The fourth-order valence-corrected chi connectivity index (χ4v) is 3.79. The Hall–Kier alpha value is -1.61. The van der Waals surface area contributed by atoms with Crippen molar-refractivity contribution in [1.82, 2.24) is 4.98 Å². The van der Waals surface area contributed by atoms with Gasteiger partial charge >= 0.3 is 0 Å². The van der Waals surface area contributed by atoms with Gasteiger partial charge in [-0.25, -0.2) is 13.4 Å². The molecule has 0 bridgehead atoms. The maximum atomic E-state index is 12.3. The number of sulfone groups is 1. The highest BCUT2D eigenvalue weighted by atomic mass is 35.5. The summed E-state index contributed by atoms with van der Waals surface area (Å²) >= 11 is 11.7. The molecule has 0 aliphatic carbocycles. The lowest BCUT2D eigenvalue weighted by atomic mass is 10.2. The number of rotatable bonds is 3. The van der Waals surface area contributed by atoms with E-state index in [4.69, 9.17) is 28.5 Å². The molecule has 0 aliphatic heterocycles. The average molecular weight is 327 g/mol. The zero-order valence-corrected chi connectivity index (χ0v) is 12.4. The monoisotopic (exact) mass is 326 g/mol. The van der Waals surface area contributed by atoms with Gasteiger partial charge in [0.05, 0.1) is 15.7 Å². The van der Waals surface area contributed by atoms with E-state index in [2.05, 4.69) is 4.98 Å². The van der Waals surface area contributed by atoms with Crippen LogP contribution in [0.15, 0.2) is 41.4 Å². The fraction of sp³-hybridized carbons (Fsp3) is 0.0769. The van der Waals surface area contributed by atoms with Crippen molar-refractivity contribution in [2.24, 2.45) is 0 Å². The van der Waals surface area contributed by atoms with Crippen molar-refractivity contribution >= 4 is 33.0 Å². The first kappa shape index (κ1) is 14.8. The van der Waals surface area contributed by atoms with Gasteiger partial charge < -0.3 is 0 Å². The zero-order chi connectivity index (χ0) is 14.8. The maximum absolute atomic E-state index is 12.3. The van der Waals surface area contributed by atoms with Gasteiger partial charge in [0.1, 0.15) is 11.8 Å². The molecule has 0 N–H and O–H groups in total. The summed E-state index contributed by atoms with van der Waals surface area (Å²) in [6.45, 7) is 0. The molecule has 0 radical (unpaired) electrons. The highest BCUT2D eigenvalue weighted by molar-refractivity contribution is 7.90. The second-order valence-corrected chi connectivity index (χ2v) is 6.80. The largest absolute Gasteiger partial charge is 0.246 e. The predicted molar refractivity (Wildman–Crippen MR) is 76.3 cm³/mol. The van der Waals surface area contributed by atoms with E-state index in [1.54, 1.807) is 0 Å². The minimum atomic E-state index is -3.65. The third-order valence-electron chi connectivity index (χ3n) is 2.52. The van der Waals surface area contributed by atoms with Crippen LogP contribution in [0.25, 0.3) is 0 Å². The molecular formula is C13H8Cl2N2O2S. The topological polar surface area (TPSA) is 70.8 Å².